The molecule has 3 heteroatoms. The van der Waals surface area contributed by atoms with Gasteiger partial charge in [-0.3, -0.25) is 0 Å². The van der Waals surface area contributed by atoms with Gasteiger partial charge >= 0.3 is 0 Å². The fourth-order valence-corrected chi connectivity index (χ4v) is 1.95. The minimum Gasteiger partial charge on any atom is -0.396 e. The van der Waals surface area contributed by atoms with E-state index in [9.17, 15) is 5.11 Å². The lowest BCUT2D eigenvalue weighted by Crippen LogP contribution is -2.32. The number of aliphatic hydroxyl groups is 1. The molecule has 0 aliphatic carbocycles. The Hall–Kier alpha value is -0.730. The number of anilines is 1. The Morgan fingerprint density at radius 3 is 2.41 bits per heavy atom. The summed E-state index contributed by atoms with van der Waals surface area (Å²) < 4.78 is 0. The summed E-state index contributed by atoms with van der Waals surface area (Å²) in [6.45, 7) is 7.21. The summed E-state index contributed by atoms with van der Waals surface area (Å²) in [5, 5.41) is 13.6. The van der Waals surface area contributed by atoms with E-state index < -0.39 is 0 Å². The number of rotatable bonds is 6. The molecule has 0 heterocycles. The Morgan fingerprint density at radius 2 is 1.94 bits per heavy atom. The molecular weight excluding hydrogens is 234 g/mol. The molecule has 0 amide bonds. The van der Waals surface area contributed by atoms with Crippen molar-refractivity contribution in [3.63, 3.8) is 0 Å². The molecule has 2 nitrogen and oxygen atoms in total. The summed E-state index contributed by atoms with van der Waals surface area (Å²) >= 11 is 6.08. The molecule has 96 valence electrons. The molecule has 1 aromatic rings. The highest BCUT2D eigenvalue weighted by Gasteiger charge is 2.24. The topological polar surface area (TPSA) is 32.3 Å². The van der Waals surface area contributed by atoms with Crippen molar-refractivity contribution in [2.75, 3.05) is 18.5 Å². The van der Waals surface area contributed by atoms with Crippen molar-refractivity contribution in [3.05, 3.63) is 28.8 Å². The molecule has 0 bridgehead atoms. The Bertz CT molecular complexity index is 353. The van der Waals surface area contributed by atoms with E-state index in [4.69, 9.17) is 11.6 Å². The molecule has 0 saturated carbocycles. The van der Waals surface area contributed by atoms with Crippen LogP contribution in [0.4, 0.5) is 5.69 Å². The second kappa shape index (κ2) is 6.27. The van der Waals surface area contributed by atoms with Gasteiger partial charge in [-0.25, -0.2) is 0 Å². The quantitative estimate of drug-likeness (QED) is 0.809. The maximum absolute atomic E-state index is 9.49. The van der Waals surface area contributed by atoms with E-state index >= 15 is 0 Å². The van der Waals surface area contributed by atoms with E-state index in [2.05, 4.69) is 19.2 Å². The predicted octanol–water partition coefficient (Wildman–Crippen LogP) is 3.86. The van der Waals surface area contributed by atoms with Crippen LogP contribution in [0.1, 0.15) is 32.3 Å². The molecule has 0 radical (unpaired) electrons. The van der Waals surface area contributed by atoms with Crippen LogP contribution in [0.15, 0.2) is 18.2 Å². The first-order valence-corrected chi connectivity index (χ1v) is 6.55. The molecule has 0 aliphatic heterocycles. The monoisotopic (exact) mass is 255 g/mol. The van der Waals surface area contributed by atoms with Crippen LogP contribution in [-0.2, 0) is 0 Å². The van der Waals surface area contributed by atoms with Gasteiger partial charge in [0.05, 0.1) is 6.61 Å². The molecule has 0 unspecified atom stereocenters. The van der Waals surface area contributed by atoms with Crippen molar-refractivity contribution in [1.82, 2.24) is 0 Å². The summed E-state index contributed by atoms with van der Waals surface area (Å²) in [4.78, 5) is 0. The summed E-state index contributed by atoms with van der Waals surface area (Å²) in [7, 11) is 0. The number of hydrogen-bond acceptors (Lipinski definition) is 2. The van der Waals surface area contributed by atoms with E-state index in [0.717, 1.165) is 35.7 Å². The number of nitrogens with one attached hydrogen (secondary N) is 1. The van der Waals surface area contributed by atoms with E-state index in [1.807, 2.05) is 25.1 Å². The largest absolute Gasteiger partial charge is 0.396 e. The van der Waals surface area contributed by atoms with Gasteiger partial charge in [0.1, 0.15) is 0 Å². The highest BCUT2D eigenvalue weighted by atomic mass is 35.5. The highest BCUT2D eigenvalue weighted by Crippen LogP contribution is 2.27. The fourth-order valence-electron chi connectivity index (χ4n) is 1.77. The lowest BCUT2D eigenvalue weighted by molar-refractivity contribution is 0.127. The smallest absolute Gasteiger partial charge is 0.0504 e. The maximum Gasteiger partial charge on any atom is 0.0504 e. The van der Waals surface area contributed by atoms with Gasteiger partial charge in [0.2, 0.25) is 0 Å². The molecule has 0 fully saturated rings. The van der Waals surface area contributed by atoms with Crippen molar-refractivity contribution in [1.29, 1.82) is 0 Å². The average Bonchev–Trinajstić information content (AvgIpc) is 2.36. The third-order valence-electron chi connectivity index (χ3n) is 3.67. The Kier molecular flexibility index (Phi) is 5.29. The van der Waals surface area contributed by atoms with Gasteiger partial charge in [0.15, 0.2) is 0 Å². The second-order valence-corrected chi connectivity index (χ2v) is 5.09. The number of benzene rings is 1. The standard InChI is InChI=1S/C14H22ClNO/c1-4-14(5-2,10-17)9-16-12-7-6-11(3)13(15)8-12/h6-8,16-17H,4-5,9-10H2,1-3H3. The lowest BCUT2D eigenvalue weighted by Gasteiger charge is -2.30. The average molecular weight is 256 g/mol. The van der Waals surface area contributed by atoms with E-state index in [1.165, 1.54) is 0 Å². The maximum atomic E-state index is 9.49. The molecule has 17 heavy (non-hydrogen) atoms. The third-order valence-corrected chi connectivity index (χ3v) is 4.08. The van der Waals surface area contributed by atoms with Crippen LogP contribution >= 0.6 is 11.6 Å². The van der Waals surface area contributed by atoms with Gasteiger partial charge in [-0.2, -0.15) is 0 Å². The van der Waals surface area contributed by atoms with Gasteiger partial charge in [0, 0.05) is 22.7 Å². The zero-order valence-electron chi connectivity index (χ0n) is 10.9. The van der Waals surface area contributed by atoms with E-state index in [0.29, 0.717) is 0 Å². The summed E-state index contributed by atoms with van der Waals surface area (Å²) in [5.41, 5.74) is 2.06. The lowest BCUT2D eigenvalue weighted by atomic mass is 9.83. The second-order valence-electron chi connectivity index (χ2n) is 4.68. The first-order chi connectivity index (χ1) is 8.06. The normalized spacial score (nSPS) is 11.6. The zero-order valence-corrected chi connectivity index (χ0v) is 11.6. The SMILES string of the molecule is CCC(CC)(CO)CNc1ccc(C)c(Cl)c1. The molecule has 0 aromatic heterocycles. The zero-order chi connectivity index (χ0) is 12.9. The van der Waals surface area contributed by atoms with Crippen molar-refractivity contribution >= 4 is 17.3 Å². The molecule has 1 rings (SSSR count). The molecule has 0 saturated heterocycles. The molecule has 0 aliphatic rings. The molecular formula is C14H22ClNO. The summed E-state index contributed by atoms with van der Waals surface area (Å²) in [6.07, 6.45) is 1.93. The minimum absolute atomic E-state index is 0.0304. The van der Waals surface area contributed by atoms with Crippen molar-refractivity contribution in [2.24, 2.45) is 5.41 Å². The number of hydrogen-bond donors (Lipinski definition) is 2. The number of aliphatic hydroxyl groups excluding tert-OH is 1. The first-order valence-electron chi connectivity index (χ1n) is 6.18. The van der Waals surface area contributed by atoms with Crippen LogP contribution in [0.25, 0.3) is 0 Å². The first kappa shape index (κ1) is 14.3. The molecule has 0 spiro atoms. The van der Waals surface area contributed by atoms with Gasteiger partial charge in [-0.15, -0.1) is 0 Å². The Balaban J connectivity index is 2.68. The van der Waals surface area contributed by atoms with Crippen LogP contribution in [0, 0.1) is 12.3 Å². The summed E-state index contributed by atoms with van der Waals surface area (Å²) in [6, 6.07) is 5.96. The van der Waals surface area contributed by atoms with Crippen LogP contribution in [0.2, 0.25) is 5.02 Å². The van der Waals surface area contributed by atoms with Gasteiger partial charge < -0.3 is 10.4 Å². The highest BCUT2D eigenvalue weighted by molar-refractivity contribution is 6.31. The van der Waals surface area contributed by atoms with Crippen LogP contribution in [0.3, 0.4) is 0 Å². The fraction of sp³-hybridized carbons (Fsp3) is 0.571. The third kappa shape index (κ3) is 3.62. The van der Waals surface area contributed by atoms with Crippen LogP contribution < -0.4 is 5.32 Å². The number of aryl methyl sites for hydroxylation is 1. The molecule has 2 N–H and O–H groups in total. The molecule has 1 aromatic carbocycles. The van der Waals surface area contributed by atoms with E-state index in [-0.39, 0.29) is 12.0 Å². The Labute approximate surface area is 109 Å². The number of halogens is 1. The van der Waals surface area contributed by atoms with Gasteiger partial charge in [-0.1, -0.05) is 31.5 Å². The predicted molar refractivity (Wildman–Crippen MR) is 74.8 cm³/mol. The van der Waals surface area contributed by atoms with Gasteiger partial charge in [0.25, 0.3) is 0 Å². The summed E-state index contributed by atoms with van der Waals surface area (Å²) in [5.74, 6) is 0. The Morgan fingerprint density at radius 1 is 1.29 bits per heavy atom. The van der Waals surface area contributed by atoms with Crippen molar-refractivity contribution < 1.29 is 5.11 Å². The van der Waals surface area contributed by atoms with Crippen molar-refractivity contribution in [3.8, 4) is 0 Å². The van der Waals surface area contributed by atoms with Crippen LogP contribution in [0.5, 0.6) is 0 Å². The molecule has 0 atom stereocenters. The van der Waals surface area contributed by atoms with Gasteiger partial charge in [-0.05, 0) is 37.5 Å². The van der Waals surface area contributed by atoms with Crippen LogP contribution in [-0.4, -0.2) is 18.3 Å². The minimum atomic E-state index is -0.0304. The van der Waals surface area contributed by atoms with Crippen molar-refractivity contribution in [2.45, 2.75) is 33.6 Å². The van der Waals surface area contributed by atoms with E-state index in [1.54, 1.807) is 0 Å².